The minimum absolute atomic E-state index is 0.0425. The van der Waals surface area contributed by atoms with Crippen LogP contribution in [-0.2, 0) is 13.0 Å². The Labute approximate surface area is 159 Å². The molecule has 0 radical (unpaired) electrons. The van der Waals surface area contributed by atoms with Crippen LogP contribution in [0.25, 0.3) is 0 Å². The molecule has 1 heterocycles. The zero-order chi connectivity index (χ0) is 19.1. The van der Waals surface area contributed by atoms with E-state index < -0.39 is 0 Å². The number of amides is 2. The van der Waals surface area contributed by atoms with Crippen LogP contribution in [0.15, 0.2) is 48.5 Å². The van der Waals surface area contributed by atoms with Gasteiger partial charge in [0.2, 0.25) is 0 Å². The normalized spacial score (nSPS) is 14.8. The number of nitrogens with zero attached hydrogens (tertiary/aromatic N) is 2. The summed E-state index contributed by atoms with van der Waals surface area (Å²) in [6.07, 6.45) is 0.889. The molecule has 1 aliphatic rings. The van der Waals surface area contributed by atoms with Crippen LogP contribution < -0.4 is 10.1 Å². The molecule has 0 aliphatic carbocycles. The molecule has 0 bridgehead atoms. The van der Waals surface area contributed by atoms with Crippen molar-refractivity contribution in [3.63, 3.8) is 0 Å². The highest BCUT2D eigenvalue weighted by Gasteiger charge is 2.20. The molecular formula is C21H26FN3O2. The highest BCUT2D eigenvalue weighted by molar-refractivity contribution is 5.74. The number of carbonyl (C=O) groups is 1. The van der Waals surface area contributed by atoms with E-state index in [1.165, 1.54) is 12.1 Å². The maximum Gasteiger partial charge on any atom is 0.317 e. The Hall–Kier alpha value is -2.60. The smallest absolute Gasteiger partial charge is 0.317 e. The summed E-state index contributed by atoms with van der Waals surface area (Å²) in [5, 5.41) is 2.97. The van der Waals surface area contributed by atoms with Crippen LogP contribution in [0, 0.1) is 5.82 Å². The fraction of sp³-hybridized carbons (Fsp3) is 0.381. The Morgan fingerprint density at radius 3 is 2.48 bits per heavy atom. The van der Waals surface area contributed by atoms with Gasteiger partial charge in [0.1, 0.15) is 11.6 Å². The molecule has 6 heteroatoms. The number of ether oxygens (including phenoxy) is 1. The molecule has 1 saturated heterocycles. The number of urea groups is 1. The zero-order valence-corrected chi connectivity index (χ0v) is 15.7. The molecule has 0 atom stereocenters. The molecule has 1 fully saturated rings. The van der Waals surface area contributed by atoms with Gasteiger partial charge in [-0.1, -0.05) is 30.3 Å². The van der Waals surface area contributed by atoms with Crippen LogP contribution in [0.3, 0.4) is 0 Å². The third-order valence-corrected chi connectivity index (χ3v) is 4.91. The Morgan fingerprint density at radius 1 is 1.07 bits per heavy atom. The van der Waals surface area contributed by atoms with Gasteiger partial charge >= 0.3 is 6.03 Å². The molecule has 2 amide bonds. The van der Waals surface area contributed by atoms with E-state index in [0.717, 1.165) is 42.9 Å². The first-order valence-corrected chi connectivity index (χ1v) is 9.27. The van der Waals surface area contributed by atoms with E-state index in [4.69, 9.17) is 4.74 Å². The number of hydrogen-bond acceptors (Lipinski definition) is 3. The fourth-order valence-corrected chi connectivity index (χ4v) is 3.24. The maximum absolute atomic E-state index is 13.0. The van der Waals surface area contributed by atoms with Gasteiger partial charge in [0.15, 0.2) is 0 Å². The van der Waals surface area contributed by atoms with Gasteiger partial charge in [-0.2, -0.15) is 0 Å². The monoisotopic (exact) mass is 371 g/mol. The first-order chi connectivity index (χ1) is 13.2. The van der Waals surface area contributed by atoms with Gasteiger partial charge in [0.05, 0.1) is 7.11 Å². The molecule has 3 rings (SSSR count). The number of halogens is 1. The number of methoxy groups -OCH3 is 1. The number of hydrogen-bond donors (Lipinski definition) is 1. The average molecular weight is 371 g/mol. The van der Waals surface area contributed by atoms with E-state index in [1.54, 1.807) is 7.11 Å². The van der Waals surface area contributed by atoms with E-state index in [-0.39, 0.29) is 11.8 Å². The standard InChI is InChI=1S/C21H26FN3O2/c1-27-20-5-3-2-4-18(20)16-23-21(26)25-14-12-24(13-15-25)11-10-17-6-8-19(22)9-7-17/h2-9H,10-16H2,1H3,(H,23,26). The maximum atomic E-state index is 13.0. The molecule has 27 heavy (non-hydrogen) atoms. The lowest BCUT2D eigenvalue weighted by atomic mass is 10.1. The molecule has 5 nitrogen and oxygen atoms in total. The summed E-state index contributed by atoms with van der Waals surface area (Å²) < 4.78 is 18.3. The predicted octanol–water partition coefficient (Wildman–Crippen LogP) is 2.90. The van der Waals surface area contributed by atoms with E-state index in [1.807, 2.05) is 41.3 Å². The van der Waals surface area contributed by atoms with Crippen molar-refractivity contribution < 1.29 is 13.9 Å². The molecule has 0 aromatic heterocycles. The van der Waals surface area contributed by atoms with Crippen molar-refractivity contribution in [1.82, 2.24) is 15.1 Å². The molecule has 0 saturated carbocycles. The van der Waals surface area contributed by atoms with Crippen LogP contribution in [-0.4, -0.2) is 55.7 Å². The van der Waals surface area contributed by atoms with Crippen molar-refractivity contribution in [2.75, 3.05) is 39.8 Å². The van der Waals surface area contributed by atoms with Crippen LogP contribution in [0.5, 0.6) is 5.75 Å². The lowest BCUT2D eigenvalue weighted by molar-refractivity contribution is 0.140. The van der Waals surface area contributed by atoms with Gasteiger partial charge in [0.25, 0.3) is 0 Å². The first kappa shape index (κ1) is 19.2. The second-order valence-corrected chi connectivity index (χ2v) is 6.68. The molecule has 1 N–H and O–H groups in total. The summed E-state index contributed by atoms with van der Waals surface area (Å²) in [7, 11) is 1.63. The van der Waals surface area contributed by atoms with Gasteiger partial charge in [-0.05, 0) is 30.2 Å². The highest BCUT2D eigenvalue weighted by atomic mass is 19.1. The van der Waals surface area contributed by atoms with E-state index in [0.29, 0.717) is 19.6 Å². The number of piperazine rings is 1. The van der Waals surface area contributed by atoms with Crippen LogP contribution in [0.1, 0.15) is 11.1 Å². The molecule has 2 aromatic carbocycles. The summed E-state index contributed by atoms with van der Waals surface area (Å²) in [5.74, 6) is 0.579. The number of para-hydroxylation sites is 1. The van der Waals surface area contributed by atoms with Crippen molar-refractivity contribution in [1.29, 1.82) is 0 Å². The van der Waals surface area contributed by atoms with Crippen molar-refractivity contribution in [3.05, 3.63) is 65.5 Å². The van der Waals surface area contributed by atoms with Gasteiger partial charge in [-0.25, -0.2) is 9.18 Å². The average Bonchev–Trinajstić information content (AvgIpc) is 2.72. The van der Waals surface area contributed by atoms with Gasteiger partial charge in [-0.15, -0.1) is 0 Å². The third-order valence-electron chi connectivity index (χ3n) is 4.91. The van der Waals surface area contributed by atoms with Crippen molar-refractivity contribution in [3.8, 4) is 5.75 Å². The fourth-order valence-electron chi connectivity index (χ4n) is 3.24. The SMILES string of the molecule is COc1ccccc1CNC(=O)N1CCN(CCc2ccc(F)cc2)CC1. The lowest BCUT2D eigenvalue weighted by Crippen LogP contribution is -2.51. The van der Waals surface area contributed by atoms with E-state index in [9.17, 15) is 9.18 Å². The molecule has 144 valence electrons. The molecular weight excluding hydrogens is 345 g/mol. The number of benzene rings is 2. The summed E-state index contributed by atoms with van der Waals surface area (Å²) in [6, 6.07) is 14.3. The Balaban J connectivity index is 1.40. The van der Waals surface area contributed by atoms with E-state index in [2.05, 4.69) is 10.2 Å². The van der Waals surface area contributed by atoms with Crippen LogP contribution >= 0.6 is 0 Å². The summed E-state index contributed by atoms with van der Waals surface area (Å²) in [5.41, 5.74) is 2.10. The third kappa shape index (κ3) is 5.44. The van der Waals surface area contributed by atoms with Crippen molar-refractivity contribution >= 4 is 6.03 Å². The number of rotatable bonds is 6. The topological polar surface area (TPSA) is 44.8 Å². The molecule has 2 aromatic rings. The summed E-state index contributed by atoms with van der Waals surface area (Å²) in [6.45, 7) is 4.49. The second-order valence-electron chi connectivity index (χ2n) is 6.68. The zero-order valence-electron chi connectivity index (χ0n) is 15.7. The largest absolute Gasteiger partial charge is 0.496 e. The number of carbonyl (C=O) groups excluding carboxylic acids is 1. The minimum atomic E-state index is -0.202. The quantitative estimate of drug-likeness (QED) is 0.849. The highest BCUT2D eigenvalue weighted by Crippen LogP contribution is 2.17. The molecule has 1 aliphatic heterocycles. The minimum Gasteiger partial charge on any atom is -0.496 e. The van der Waals surface area contributed by atoms with E-state index >= 15 is 0 Å². The molecule has 0 unspecified atom stereocenters. The van der Waals surface area contributed by atoms with Gasteiger partial charge in [-0.3, -0.25) is 4.90 Å². The summed E-state index contributed by atoms with van der Waals surface area (Å²) in [4.78, 5) is 16.6. The van der Waals surface area contributed by atoms with Crippen molar-refractivity contribution in [2.45, 2.75) is 13.0 Å². The van der Waals surface area contributed by atoms with Gasteiger partial charge < -0.3 is 15.0 Å². The predicted molar refractivity (Wildman–Crippen MR) is 103 cm³/mol. The molecule has 0 spiro atoms. The Bertz CT molecular complexity index is 743. The summed E-state index contributed by atoms with van der Waals surface area (Å²) >= 11 is 0. The van der Waals surface area contributed by atoms with Crippen LogP contribution in [0.2, 0.25) is 0 Å². The van der Waals surface area contributed by atoms with Crippen molar-refractivity contribution in [2.24, 2.45) is 0 Å². The second kappa shape index (κ2) is 9.37. The Morgan fingerprint density at radius 2 is 1.78 bits per heavy atom. The lowest BCUT2D eigenvalue weighted by Gasteiger charge is -2.34. The Kier molecular flexibility index (Phi) is 6.65. The first-order valence-electron chi connectivity index (χ1n) is 9.27. The number of nitrogens with one attached hydrogen (secondary N) is 1. The van der Waals surface area contributed by atoms with Gasteiger partial charge in [0, 0.05) is 44.8 Å². The van der Waals surface area contributed by atoms with Crippen LogP contribution in [0.4, 0.5) is 9.18 Å².